The van der Waals surface area contributed by atoms with E-state index in [9.17, 15) is 4.79 Å². The van der Waals surface area contributed by atoms with Crippen LogP contribution in [0.4, 0.5) is 0 Å². The van der Waals surface area contributed by atoms with E-state index in [0.29, 0.717) is 6.42 Å². The number of carboxylic acids is 1. The highest BCUT2D eigenvalue weighted by atomic mass is 16.4. The first-order chi connectivity index (χ1) is 7.09. The lowest BCUT2D eigenvalue weighted by atomic mass is 10.0. The molecule has 2 nitrogen and oxygen atoms in total. The highest BCUT2D eigenvalue weighted by molar-refractivity contribution is 5.70. The van der Waals surface area contributed by atoms with Gasteiger partial charge in [0.25, 0.3) is 0 Å². The molecule has 80 valence electrons. The monoisotopic (exact) mass is 204 g/mol. The second-order valence-electron chi connectivity index (χ2n) is 3.84. The lowest BCUT2D eigenvalue weighted by Crippen LogP contribution is -2.09. The van der Waals surface area contributed by atoms with Crippen molar-refractivity contribution in [3.63, 3.8) is 0 Å². The normalized spacial score (nSPS) is 13.6. The van der Waals surface area contributed by atoms with Gasteiger partial charge >= 0.3 is 5.97 Å². The number of allylic oxidation sites excluding steroid dienone is 1. The number of carbonyl (C=O) groups is 1. The molecule has 1 aromatic carbocycles. The predicted molar refractivity (Wildman–Crippen MR) is 61.5 cm³/mol. The first-order valence-corrected chi connectivity index (χ1v) is 5.04. The van der Waals surface area contributed by atoms with Crippen LogP contribution in [0.5, 0.6) is 0 Å². The first kappa shape index (κ1) is 11.5. The van der Waals surface area contributed by atoms with Crippen molar-refractivity contribution in [3.05, 3.63) is 41.5 Å². The Morgan fingerprint density at radius 3 is 2.53 bits per heavy atom. The van der Waals surface area contributed by atoms with Crippen molar-refractivity contribution in [1.82, 2.24) is 0 Å². The van der Waals surface area contributed by atoms with Crippen LogP contribution in [-0.4, -0.2) is 11.1 Å². The van der Waals surface area contributed by atoms with Crippen LogP contribution < -0.4 is 0 Å². The molecule has 0 saturated heterocycles. The van der Waals surface area contributed by atoms with E-state index in [1.807, 2.05) is 43.3 Å². The Morgan fingerprint density at radius 2 is 2.00 bits per heavy atom. The molecule has 1 aromatic rings. The van der Waals surface area contributed by atoms with Gasteiger partial charge in [-0.05, 0) is 18.9 Å². The Balaban J connectivity index is 2.65. The summed E-state index contributed by atoms with van der Waals surface area (Å²) in [4.78, 5) is 10.7. The molecule has 0 bridgehead atoms. The average molecular weight is 204 g/mol. The second-order valence-corrected chi connectivity index (χ2v) is 3.84. The summed E-state index contributed by atoms with van der Waals surface area (Å²) in [5, 5.41) is 8.77. The first-order valence-electron chi connectivity index (χ1n) is 5.04. The summed E-state index contributed by atoms with van der Waals surface area (Å²) in [5.74, 6) is -1.05. The fraction of sp³-hybridized carbons (Fsp3) is 0.308. The van der Waals surface area contributed by atoms with Crippen molar-refractivity contribution in [2.45, 2.75) is 20.3 Å². The molecule has 15 heavy (non-hydrogen) atoms. The minimum atomic E-state index is -0.740. The quantitative estimate of drug-likeness (QED) is 0.817. The van der Waals surface area contributed by atoms with Gasteiger partial charge in [0.15, 0.2) is 0 Å². The zero-order chi connectivity index (χ0) is 11.3. The van der Waals surface area contributed by atoms with E-state index in [1.165, 1.54) is 0 Å². The van der Waals surface area contributed by atoms with E-state index in [2.05, 4.69) is 0 Å². The SMILES string of the molecule is CC(=Cc1ccccc1)CC(C)C(=O)O. The van der Waals surface area contributed by atoms with Gasteiger partial charge in [-0.25, -0.2) is 0 Å². The van der Waals surface area contributed by atoms with Crippen LogP contribution in [0, 0.1) is 5.92 Å². The van der Waals surface area contributed by atoms with Crippen LogP contribution in [0.2, 0.25) is 0 Å². The Bertz CT molecular complexity index is 352. The van der Waals surface area contributed by atoms with Gasteiger partial charge in [-0.1, -0.05) is 48.9 Å². The molecule has 2 heteroatoms. The maximum absolute atomic E-state index is 10.7. The topological polar surface area (TPSA) is 37.3 Å². The second kappa shape index (κ2) is 5.35. The molecule has 0 aliphatic rings. The van der Waals surface area contributed by atoms with Crippen molar-refractivity contribution in [3.8, 4) is 0 Å². The fourth-order valence-electron chi connectivity index (χ4n) is 1.46. The zero-order valence-corrected chi connectivity index (χ0v) is 9.10. The summed E-state index contributed by atoms with van der Waals surface area (Å²) in [6, 6.07) is 9.93. The molecule has 0 aliphatic heterocycles. The van der Waals surface area contributed by atoms with Gasteiger partial charge in [-0.3, -0.25) is 4.79 Å². The van der Waals surface area contributed by atoms with E-state index in [4.69, 9.17) is 5.11 Å². The van der Waals surface area contributed by atoms with Gasteiger partial charge in [0.2, 0.25) is 0 Å². The maximum Gasteiger partial charge on any atom is 0.306 e. The van der Waals surface area contributed by atoms with Crippen molar-refractivity contribution < 1.29 is 9.90 Å². The molecule has 1 atom stereocenters. The smallest absolute Gasteiger partial charge is 0.306 e. The van der Waals surface area contributed by atoms with Crippen LogP contribution in [0.1, 0.15) is 25.8 Å². The fourth-order valence-corrected chi connectivity index (χ4v) is 1.46. The molecule has 0 spiro atoms. The lowest BCUT2D eigenvalue weighted by molar-refractivity contribution is -0.141. The highest BCUT2D eigenvalue weighted by Crippen LogP contribution is 2.14. The van der Waals surface area contributed by atoms with Crippen molar-refractivity contribution in [2.24, 2.45) is 5.92 Å². The van der Waals surface area contributed by atoms with Crippen LogP contribution >= 0.6 is 0 Å². The summed E-state index contributed by atoms with van der Waals surface area (Å²) >= 11 is 0. The third-order valence-corrected chi connectivity index (χ3v) is 2.26. The molecule has 0 radical (unpaired) electrons. The molecule has 0 amide bonds. The summed E-state index contributed by atoms with van der Waals surface area (Å²) < 4.78 is 0. The molecule has 1 rings (SSSR count). The van der Waals surface area contributed by atoms with E-state index in [-0.39, 0.29) is 5.92 Å². The minimum absolute atomic E-state index is 0.315. The molecular weight excluding hydrogens is 188 g/mol. The minimum Gasteiger partial charge on any atom is -0.481 e. The molecule has 0 fully saturated rings. The Kier molecular flexibility index (Phi) is 4.10. The van der Waals surface area contributed by atoms with Gasteiger partial charge in [0.1, 0.15) is 0 Å². The number of rotatable bonds is 4. The van der Waals surface area contributed by atoms with E-state index in [0.717, 1.165) is 11.1 Å². The van der Waals surface area contributed by atoms with Crippen molar-refractivity contribution in [2.75, 3.05) is 0 Å². The number of aliphatic carboxylic acids is 1. The number of benzene rings is 1. The molecule has 0 aliphatic carbocycles. The standard InChI is InChI=1S/C13H16O2/c1-10(8-11(2)13(14)15)9-12-6-4-3-5-7-12/h3-7,9,11H,8H2,1-2H3,(H,14,15). The Hall–Kier alpha value is -1.57. The van der Waals surface area contributed by atoms with Crippen LogP contribution in [0.25, 0.3) is 6.08 Å². The van der Waals surface area contributed by atoms with E-state index >= 15 is 0 Å². The Labute approximate surface area is 90.3 Å². The van der Waals surface area contributed by atoms with Gasteiger partial charge in [0.05, 0.1) is 5.92 Å². The third-order valence-electron chi connectivity index (χ3n) is 2.26. The zero-order valence-electron chi connectivity index (χ0n) is 9.10. The van der Waals surface area contributed by atoms with Gasteiger partial charge in [0, 0.05) is 0 Å². The number of hydrogen-bond acceptors (Lipinski definition) is 1. The molecule has 0 aromatic heterocycles. The summed E-state index contributed by atoms with van der Waals surface area (Å²) in [5.41, 5.74) is 2.21. The molecular formula is C13H16O2. The van der Waals surface area contributed by atoms with Crippen molar-refractivity contribution >= 4 is 12.0 Å². The summed E-state index contributed by atoms with van der Waals surface area (Å²) in [6.45, 7) is 3.69. The Morgan fingerprint density at radius 1 is 1.40 bits per heavy atom. The predicted octanol–water partition coefficient (Wildman–Crippen LogP) is 3.20. The largest absolute Gasteiger partial charge is 0.481 e. The van der Waals surface area contributed by atoms with Crippen LogP contribution in [0.15, 0.2) is 35.9 Å². The lowest BCUT2D eigenvalue weighted by Gasteiger charge is -2.06. The third kappa shape index (κ3) is 3.98. The molecule has 0 saturated carbocycles. The van der Waals surface area contributed by atoms with E-state index in [1.54, 1.807) is 6.92 Å². The summed E-state index contributed by atoms with van der Waals surface area (Å²) in [6.07, 6.45) is 2.63. The molecule has 1 N–H and O–H groups in total. The number of carboxylic acid groups (broad SMARTS) is 1. The van der Waals surface area contributed by atoms with Crippen LogP contribution in [0.3, 0.4) is 0 Å². The highest BCUT2D eigenvalue weighted by Gasteiger charge is 2.10. The number of hydrogen-bond donors (Lipinski definition) is 1. The summed E-state index contributed by atoms with van der Waals surface area (Å²) in [7, 11) is 0. The van der Waals surface area contributed by atoms with Gasteiger partial charge < -0.3 is 5.11 Å². The maximum atomic E-state index is 10.7. The molecule has 0 heterocycles. The van der Waals surface area contributed by atoms with Gasteiger partial charge in [-0.15, -0.1) is 0 Å². The molecule has 1 unspecified atom stereocenters. The average Bonchev–Trinajstić information content (AvgIpc) is 2.18. The van der Waals surface area contributed by atoms with Gasteiger partial charge in [-0.2, -0.15) is 0 Å². The van der Waals surface area contributed by atoms with Crippen molar-refractivity contribution in [1.29, 1.82) is 0 Å². The van der Waals surface area contributed by atoms with E-state index < -0.39 is 5.97 Å². The van der Waals surface area contributed by atoms with Crippen LogP contribution in [-0.2, 0) is 4.79 Å².